The fraction of sp³-hybridized carbons (Fsp3) is 0.250. The van der Waals surface area contributed by atoms with Crippen molar-refractivity contribution in [3.63, 3.8) is 0 Å². The van der Waals surface area contributed by atoms with E-state index in [0.29, 0.717) is 22.4 Å². The molecule has 0 spiro atoms. The van der Waals surface area contributed by atoms with Crippen molar-refractivity contribution in [1.29, 1.82) is 0 Å². The van der Waals surface area contributed by atoms with E-state index in [1.165, 1.54) is 19.2 Å². The molecule has 3 aliphatic carbocycles. The van der Waals surface area contributed by atoms with Crippen molar-refractivity contribution in [2.24, 2.45) is 11.8 Å². The maximum atomic E-state index is 12.0. The highest BCUT2D eigenvalue weighted by Gasteiger charge is 2.55. The first-order valence-electron chi connectivity index (χ1n) is 8.35. The number of carbonyl (C=O) groups is 3. The van der Waals surface area contributed by atoms with Crippen LogP contribution >= 0.6 is 0 Å². The molecule has 138 valence electrons. The third-order valence-corrected chi connectivity index (χ3v) is 5.64. The van der Waals surface area contributed by atoms with E-state index in [4.69, 9.17) is 4.74 Å². The molecular weight excluding hydrogens is 352 g/mol. The highest BCUT2D eigenvalue weighted by atomic mass is 16.5. The third-order valence-electron chi connectivity index (χ3n) is 5.64. The van der Waals surface area contributed by atoms with Crippen LogP contribution in [0.15, 0.2) is 36.4 Å². The summed E-state index contributed by atoms with van der Waals surface area (Å²) in [6.45, 7) is 0. The normalized spacial score (nSPS) is 24.6. The first-order valence-corrected chi connectivity index (χ1v) is 8.35. The monoisotopic (exact) mass is 368 g/mol. The largest absolute Gasteiger partial charge is 0.497 e. The first-order chi connectivity index (χ1) is 12.8. The Morgan fingerprint density at radius 1 is 0.778 bits per heavy atom. The zero-order valence-corrected chi connectivity index (χ0v) is 14.2. The van der Waals surface area contributed by atoms with Crippen molar-refractivity contribution in [1.82, 2.24) is 0 Å². The number of rotatable bonds is 4. The molecule has 2 aromatic carbocycles. The van der Waals surface area contributed by atoms with Crippen LogP contribution in [0.25, 0.3) is 0 Å². The van der Waals surface area contributed by atoms with Crippen LogP contribution in [0.3, 0.4) is 0 Å². The zero-order chi connectivity index (χ0) is 19.5. The number of aromatic carboxylic acids is 1. The zero-order valence-electron chi connectivity index (χ0n) is 14.2. The maximum absolute atomic E-state index is 12.0. The number of carboxylic acids is 3. The van der Waals surface area contributed by atoms with Crippen molar-refractivity contribution in [3.8, 4) is 5.75 Å². The van der Waals surface area contributed by atoms with Gasteiger partial charge in [0.05, 0.1) is 24.5 Å². The van der Waals surface area contributed by atoms with Gasteiger partial charge in [0.2, 0.25) is 0 Å². The molecular formula is C20H16O7. The van der Waals surface area contributed by atoms with Crippen LogP contribution in [-0.2, 0) is 9.59 Å². The van der Waals surface area contributed by atoms with Crippen molar-refractivity contribution in [2.75, 3.05) is 7.11 Å². The molecule has 0 unspecified atom stereocenters. The predicted molar refractivity (Wildman–Crippen MR) is 92.3 cm³/mol. The Morgan fingerprint density at radius 2 is 1.30 bits per heavy atom. The lowest BCUT2D eigenvalue weighted by molar-refractivity contribution is -0.156. The quantitative estimate of drug-likeness (QED) is 0.757. The van der Waals surface area contributed by atoms with E-state index < -0.39 is 41.6 Å². The molecule has 0 amide bonds. The summed E-state index contributed by atoms with van der Waals surface area (Å²) in [5, 5.41) is 28.9. The standard InChI is InChI=1S/C20H16O7/c1-27-9-3-5-11-13(7-9)15-10-4-2-8(18(21)22)6-12(10)14(11)16(19(23)24)17(15)20(25)26/h2-7,14-17H,1H3,(H,21,22)(H,23,24)(H,25,26)/t14-,15-,16-,17-/m0/s1. The lowest BCUT2D eigenvalue weighted by atomic mass is 9.54. The van der Waals surface area contributed by atoms with Crippen LogP contribution in [0.4, 0.5) is 0 Å². The summed E-state index contributed by atoms with van der Waals surface area (Å²) < 4.78 is 5.26. The fourth-order valence-electron chi connectivity index (χ4n) is 4.61. The summed E-state index contributed by atoms with van der Waals surface area (Å²) in [5.41, 5.74) is 2.71. The van der Waals surface area contributed by atoms with E-state index in [1.54, 1.807) is 24.3 Å². The van der Waals surface area contributed by atoms with Gasteiger partial charge in [-0.1, -0.05) is 12.1 Å². The highest BCUT2D eigenvalue weighted by molar-refractivity contribution is 5.90. The Labute approximate surface area is 153 Å². The Hall–Kier alpha value is -3.35. The van der Waals surface area contributed by atoms with Gasteiger partial charge in [0.15, 0.2) is 0 Å². The van der Waals surface area contributed by atoms with Gasteiger partial charge in [-0.2, -0.15) is 0 Å². The van der Waals surface area contributed by atoms with E-state index in [0.717, 1.165) is 5.56 Å². The number of benzene rings is 2. The van der Waals surface area contributed by atoms with Crippen LogP contribution in [-0.4, -0.2) is 40.3 Å². The fourth-order valence-corrected chi connectivity index (χ4v) is 4.61. The number of hydrogen-bond acceptors (Lipinski definition) is 4. The van der Waals surface area contributed by atoms with Crippen LogP contribution in [0, 0.1) is 11.8 Å². The van der Waals surface area contributed by atoms with Crippen LogP contribution in [0.5, 0.6) is 5.75 Å². The van der Waals surface area contributed by atoms with Crippen LogP contribution < -0.4 is 4.74 Å². The molecule has 0 aromatic heterocycles. The second kappa shape index (κ2) is 5.84. The van der Waals surface area contributed by atoms with Gasteiger partial charge in [-0.15, -0.1) is 0 Å². The van der Waals surface area contributed by atoms with E-state index >= 15 is 0 Å². The van der Waals surface area contributed by atoms with E-state index in [1.807, 2.05) is 0 Å². The summed E-state index contributed by atoms with van der Waals surface area (Å²) in [4.78, 5) is 35.4. The van der Waals surface area contributed by atoms with Crippen LogP contribution in [0.2, 0.25) is 0 Å². The van der Waals surface area contributed by atoms with Gasteiger partial charge in [-0.05, 0) is 46.5 Å². The van der Waals surface area contributed by atoms with Gasteiger partial charge >= 0.3 is 17.9 Å². The number of fused-ring (bicyclic) bond motifs is 1. The minimum atomic E-state index is -1.20. The minimum absolute atomic E-state index is 0.0485. The molecule has 3 N–H and O–H groups in total. The molecule has 0 fully saturated rings. The number of aliphatic carboxylic acids is 2. The first kappa shape index (κ1) is 17.1. The Balaban J connectivity index is 2.04. The van der Waals surface area contributed by atoms with Crippen molar-refractivity contribution in [3.05, 3.63) is 64.2 Å². The third kappa shape index (κ3) is 2.31. The molecule has 7 heteroatoms. The van der Waals surface area contributed by atoms with Gasteiger partial charge in [0, 0.05) is 11.8 Å². The summed E-state index contributed by atoms with van der Waals surface area (Å²) >= 11 is 0. The lowest BCUT2D eigenvalue weighted by Crippen LogP contribution is -2.47. The van der Waals surface area contributed by atoms with Gasteiger partial charge in [-0.3, -0.25) is 9.59 Å². The van der Waals surface area contributed by atoms with E-state index in [2.05, 4.69) is 0 Å². The molecule has 2 bridgehead atoms. The van der Waals surface area contributed by atoms with Crippen molar-refractivity contribution in [2.45, 2.75) is 11.8 Å². The van der Waals surface area contributed by atoms with Crippen LogP contribution in [0.1, 0.15) is 44.4 Å². The predicted octanol–water partition coefficient (Wildman–Crippen LogP) is 2.39. The summed E-state index contributed by atoms with van der Waals surface area (Å²) in [6, 6.07) is 9.69. The van der Waals surface area contributed by atoms with Gasteiger partial charge in [-0.25, -0.2) is 4.79 Å². The molecule has 0 saturated heterocycles. The molecule has 27 heavy (non-hydrogen) atoms. The lowest BCUT2D eigenvalue weighted by Gasteiger charge is -2.47. The summed E-state index contributed by atoms with van der Waals surface area (Å²) in [7, 11) is 1.50. The molecule has 0 saturated carbocycles. The number of carboxylic acid groups (broad SMARTS) is 3. The van der Waals surface area contributed by atoms with E-state index in [9.17, 15) is 29.7 Å². The molecule has 7 nitrogen and oxygen atoms in total. The Morgan fingerprint density at radius 3 is 1.78 bits per heavy atom. The smallest absolute Gasteiger partial charge is 0.335 e. The van der Waals surface area contributed by atoms with Crippen molar-refractivity contribution < 1.29 is 34.4 Å². The van der Waals surface area contributed by atoms with Crippen molar-refractivity contribution >= 4 is 17.9 Å². The molecule has 2 aromatic rings. The molecule has 0 heterocycles. The number of ether oxygens (including phenoxy) is 1. The summed E-state index contributed by atoms with van der Waals surface area (Å²) in [6.07, 6.45) is 0. The van der Waals surface area contributed by atoms with E-state index in [-0.39, 0.29) is 5.56 Å². The summed E-state index contributed by atoms with van der Waals surface area (Å²) in [5.74, 6) is -6.68. The number of hydrogen-bond donors (Lipinski definition) is 3. The SMILES string of the molecule is COc1ccc2c(c1)[C@@H]1c3ccc(C(=O)O)cc3[C@H]2[C@H](C(=O)O)[C@H]1C(=O)O. The molecule has 0 aliphatic heterocycles. The highest BCUT2D eigenvalue weighted by Crippen LogP contribution is 2.59. The van der Waals surface area contributed by atoms with Gasteiger partial charge in [0.25, 0.3) is 0 Å². The second-order valence-electron chi connectivity index (χ2n) is 6.83. The van der Waals surface area contributed by atoms with Gasteiger partial charge < -0.3 is 20.1 Å². The maximum Gasteiger partial charge on any atom is 0.335 e. The molecule has 3 aliphatic rings. The molecule has 5 rings (SSSR count). The minimum Gasteiger partial charge on any atom is -0.497 e. The Kier molecular flexibility index (Phi) is 3.69. The average molecular weight is 368 g/mol. The number of methoxy groups -OCH3 is 1. The topological polar surface area (TPSA) is 121 Å². The second-order valence-corrected chi connectivity index (χ2v) is 6.83. The molecule has 4 atom stereocenters. The Bertz CT molecular complexity index is 994. The molecule has 0 radical (unpaired) electrons. The van der Waals surface area contributed by atoms with Gasteiger partial charge in [0.1, 0.15) is 5.75 Å². The average Bonchev–Trinajstić information content (AvgIpc) is 2.65.